The first kappa shape index (κ1) is 35.7. The Morgan fingerprint density at radius 2 is 1.49 bits per heavy atom. The van der Waals surface area contributed by atoms with Gasteiger partial charge in [0.25, 0.3) is 11.7 Å². The number of rotatable bonds is 1. The number of ether oxygens (including phenoxy) is 3. The van der Waals surface area contributed by atoms with E-state index in [9.17, 15) is 40.2 Å². The first-order chi connectivity index (χ1) is 22.0. The minimum absolute atomic E-state index is 0.0566. The monoisotopic (exact) mass is 655 g/mol. The molecule has 1 amide bonds. The van der Waals surface area contributed by atoms with Gasteiger partial charge >= 0.3 is 5.79 Å². The van der Waals surface area contributed by atoms with Crippen molar-refractivity contribution in [1.29, 1.82) is 0 Å². The number of carbonyl (C=O) groups excluding carboxylic acids is 2. The normalized spacial score (nSPS) is 32.3. The van der Waals surface area contributed by atoms with Crippen LogP contribution in [0.25, 0.3) is 10.8 Å². The second-order valence-electron chi connectivity index (χ2n) is 12.8. The van der Waals surface area contributed by atoms with Gasteiger partial charge in [0.1, 0.15) is 17.2 Å². The van der Waals surface area contributed by atoms with Crippen molar-refractivity contribution in [3.8, 4) is 23.0 Å². The molecule has 0 radical (unpaired) electrons. The number of Topliss-reactive ketones (excluding diaryl/α,β-unsaturated/α-hetero) is 1. The molecule has 0 spiro atoms. The Balaban J connectivity index is 1.85. The highest BCUT2D eigenvalue weighted by atomic mass is 16.7. The molecule has 12 heteroatoms. The van der Waals surface area contributed by atoms with Crippen LogP contribution in [0.15, 0.2) is 42.2 Å². The SMILES string of the molecule is CO[C@H]1C=CO[C@@]2(C)Oc3c(C)c(O)c4c(O)c(cc(O)c4c3C2=O)NC(=O)C(C)=CC=C[C@H](C)[C@H](O)[C@@H](C)[C@@H](O)[C@@H](C)[C@H](O)[C@@H]1C. The zero-order valence-electron chi connectivity index (χ0n) is 27.8. The summed E-state index contributed by atoms with van der Waals surface area (Å²) < 4.78 is 17.3. The van der Waals surface area contributed by atoms with E-state index < -0.39 is 82.8 Å². The summed E-state index contributed by atoms with van der Waals surface area (Å²) in [7, 11) is 1.43. The predicted molar refractivity (Wildman–Crippen MR) is 174 cm³/mol. The first-order valence-corrected chi connectivity index (χ1v) is 15.5. The molecule has 7 N–H and O–H groups in total. The average Bonchev–Trinajstić information content (AvgIpc) is 3.30. The van der Waals surface area contributed by atoms with Gasteiger partial charge in [0.15, 0.2) is 5.75 Å². The maximum absolute atomic E-state index is 13.8. The molecule has 47 heavy (non-hydrogen) atoms. The Kier molecular flexibility index (Phi) is 10.3. The van der Waals surface area contributed by atoms with Crippen molar-refractivity contribution in [1.82, 2.24) is 0 Å². The fourth-order valence-corrected chi connectivity index (χ4v) is 6.26. The summed E-state index contributed by atoms with van der Waals surface area (Å²) in [6.45, 7) is 11.2. The number of methoxy groups -OCH3 is 1. The molecule has 3 aliphatic rings. The molecule has 256 valence electrons. The third-order valence-electron chi connectivity index (χ3n) is 9.58. The Labute approximate surface area is 273 Å². The highest BCUT2D eigenvalue weighted by Gasteiger charge is 2.49. The molecular weight excluding hydrogens is 610 g/mol. The van der Waals surface area contributed by atoms with Crippen molar-refractivity contribution in [2.24, 2.45) is 23.7 Å². The third kappa shape index (κ3) is 6.42. The third-order valence-corrected chi connectivity index (χ3v) is 9.58. The highest BCUT2D eigenvalue weighted by molar-refractivity contribution is 6.21. The molecule has 0 aromatic heterocycles. The van der Waals surface area contributed by atoms with Crippen molar-refractivity contribution in [2.75, 3.05) is 12.4 Å². The van der Waals surface area contributed by atoms with Crippen LogP contribution in [0.3, 0.4) is 0 Å². The minimum atomic E-state index is -1.95. The van der Waals surface area contributed by atoms with Gasteiger partial charge in [-0.05, 0) is 19.9 Å². The zero-order chi connectivity index (χ0) is 35.1. The molecule has 2 aromatic rings. The quantitative estimate of drug-likeness (QED) is 0.172. The summed E-state index contributed by atoms with van der Waals surface area (Å²) in [5.41, 5.74) is -0.0434. The van der Waals surface area contributed by atoms with Crippen LogP contribution in [0, 0.1) is 30.6 Å². The Hall–Kier alpha value is -4.10. The number of allylic oxidation sites excluding steroid dienone is 2. The van der Waals surface area contributed by atoms with Crippen LogP contribution in [-0.2, 0) is 14.3 Å². The van der Waals surface area contributed by atoms with Gasteiger partial charge in [-0.25, -0.2) is 0 Å². The summed E-state index contributed by atoms with van der Waals surface area (Å²) in [5, 5.41) is 68.8. The van der Waals surface area contributed by atoms with Crippen molar-refractivity contribution in [3.05, 3.63) is 53.3 Å². The minimum Gasteiger partial charge on any atom is -0.507 e. The first-order valence-electron chi connectivity index (χ1n) is 15.5. The number of fused-ring (bicyclic) bond motifs is 14. The highest BCUT2D eigenvalue weighted by Crippen LogP contribution is 2.53. The number of amides is 1. The van der Waals surface area contributed by atoms with Crippen LogP contribution in [-0.4, -0.2) is 79.6 Å². The summed E-state index contributed by atoms with van der Waals surface area (Å²) in [5.74, 6) is -7.24. The molecule has 0 fully saturated rings. The zero-order valence-corrected chi connectivity index (χ0v) is 27.8. The number of aliphatic hydroxyl groups is 3. The number of aromatic hydroxyl groups is 3. The number of carbonyl (C=O) groups is 2. The second-order valence-corrected chi connectivity index (χ2v) is 12.8. The van der Waals surface area contributed by atoms with E-state index in [2.05, 4.69) is 5.32 Å². The summed E-state index contributed by atoms with van der Waals surface area (Å²) in [6.07, 6.45) is 3.55. The maximum atomic E-state index is 13.8. The van der Waals surface area contributed by atoms with E-state index in [1.165, 1.54) is 46.3 Å². The fourth-order valence-electron chi connectivity index (χ4n) is 6.26. The van der Waals surface area contributed by atoms with Gasteiger partial charge in [0.05, 0.1) is 47.3 Å². The fraction of sp³-hybridized carbons (Fsp3) is 0.486. The van der Waals surface area contributed by atoms with Crippen LogP contribution in [0.4, 0.5) is 5.69 Å². The number of hydrogen-bond donors (Lipinski definition) is 7. The maximum Gasteiger partial charge on any atom is 0.312 e. The topological polar surface area (TPSA) is 195 Å². The molecule has 0 saturated carbocycles. The van der Waals surface area contributed by atoms with E-state index >= 15 is 0 Å². The van der Waals surface area contributed by atoms with E-state index in [1.54, 1.807) is 39.8 Å². The number of hydrogen-bond acceptors (Lipinski definition) is 11. The van der Waals surface area contributed by atoms with E-state index in [1.807, 2.05) is 0 Å². The van der Waals surface area contributed by atoms with Crippen LogP contribution < -0.4 is 10.1 Å². The van der Waals surface area contributed by atoms with Crippen LogP contribution >= 0.6 is 0 Å². The molecule has 0 saturated heterocycles. The lowest BCUT2D eigenvalue weighted by atomic mass is 9.78. The van der Waals surface area contributed by atoms with Gasteiger partial charge in [-0.2, -0.15) is 0 Å². The molecular formula is C35H45NO11. The van der Waals surface area contributed by atoms with Crippen molar-refractivity contribution >= 4 is 28.2 Å². The lowest BCUT2D eigenvalue weighted by Gasteiger charge is -2.36. The predicted octanol–water partition coefficient (Wildman–Crippen LogP) is 4.18. The van der Waals surface area contributed by atoms with Gasteiger partial charge in [-0.15, -0.1) is 0 Å². The van der Waals surface area contributed by atoms with Crippen molar-refractivity contribution < 1.29 is 54.4 Å². The number of phenolic OH excluding ortho intramolecular Hbond substituents is 3. The number of aliphatic hydroxyl groups excluding tert-OH is 3. The molecule has 2 aromatic carbocycles. The van der Waals surface area contributed by atoms with Crippen molar-refractivity contribution in [3.63, 3.8) is 0 Å². The van der Waals surface area contributed by atoms with Crippen molar-refractivity contribution in [2.45, 2.75) is 78.7 Å². The lowest BCUT2D eigenvalue weighted by molar-refractivity contribution is -0.112. The van der Waals surface area contributed by atoms with Gasteiger partial charge < -0.3 is 50.2 Å². The molecule has 0 unspecified atom stereocenters. The Morgan fingerprint density at radius 3 is 2.13 bits per heavy atom. The van der Waals surface area contributed by atoms with Crippen LogP contribution in [0.2, 0.25) is 0 Å². The van der Waals surface area contributed by atoms with Crippen LogP contribution in [0.1, 0.15) is 57.5 Å². The number of ketones is 1. The summed E-state index contributed by atoms with van der Waals surface area (Å²) >= 11 is 0. The van der Waals surface area contributed by atoms with Gasteiger partial charge in [-0.1, -0.05) is 45.9 Å². The van der Waals surface area contributed by atoms with E-state index in [0.717, 1.165) is 6.07 Å². The molecule has 9 atom stereocenters. The summed E-state index contributed by atoms with van der Waals surface area (Å²) in [6, 6.07) is 1.07. The standard InChI is InChI=1S/C35H45NO11/c1-15-10-9-11-16(2)34(44)36-21-14-22(37)24-25(31(21)42)30(41)20(6)32-26(24)33(43)35(7,47-32)46-13-12-23(45-8)17(3)28(39)19(5)29(40)18(4)27(15)38/h9-15,17-19,23,27-29,37-42H,1-8H3,(H,36,44)/t15-,17+,18+,19-,23-,27-,28+,29+,35-/m0/s1. The molecule has 3 aliphatic heterocycles. The Bertz CT molecular complexity index is 1650. The second kappa shape index (κ2) is 13.6. The average molecular weight is 656 g/mol. The number of nitrogens with one attached hydrogen (secondary N) is 1. The number of phenols is 3. The van der Waals surface area contributed by atoms with Gasteiger partial charge in [0.2, 0.25) is 0 Å². The summed E-state index contributed by atoms with van der Waals surface area (Å²) in [4.78, 5) is 26.9. The molecule has 5 rings (SSSR count). The van der Waals surface area contributed by atoms with E-state index in [4.69, 9.17) is 14.2 Å². The van der Waals surface area contributed by atoms with E-state index in [-0.39, 0.29) is 38.9 Å². The van der Waals surface area contributed by atoms with Crippen LogP contribution in [0.5, 0.6) is 23.0 Å². The molecule has 12 nitrogen and oxygen atoms in total. The van der Waals surface area contributed by atoms with E-state index in [0.29, 0.717) is 0 Å². The van der Waals surface area contributed by atoms with Gasteiger partial charge in [-0.3, -0.25) is 9.59 Å². The Morgan fingerprint density at radius 1 is 0.872 bits per heavy atom. The molecule has 0 aliphatic carbocycles. The molecule has 5 bridgehead atoms. The lowest BCUT2D eigenvalue weighted by Crippen LogP contribution is -2.44. The number of benzene rings is 2. The number of anilines is 1. The molecule has 3 heterocycles. The largest absolute Gasteiger partial charge is 0.507 e. The van der Waals surface area contributed by atoms with Gasteiger partial charge in [0, 0.05) is 60.3 Å². The smallest absolute Gasteiger partial charge is 0.312 e.